The number of hydrogen-bond donors (Lipinski definition) is 0. The van der Waals surface area contributed by atoms with Crippen LogP contribution in [0.3, 0.4) is 0 Å². The first-order valence-corrected chi connectivity index (χ1v) is 2.54. The zero-order chi connectivity index (χ0) is 11.1. The minimum absolute atomic E-state index is 0.958. The molecule has 13 heavy (non-hydrogen) atoms. The van der Waals surface area contributed by atoms with E-state index in [4.69, 9.17) is 0 Å². The Hall–Kier alpha value is -0.570. The molecule has 2 nitrogen and oxygen atoms in total. The summed E-state index contributed by atoms with van der Waals surface area (Å²) in [4.78, 5) is 2.75. The molecule has 0 aliphatic rings. The van der Waals surface area contributed by atoms with E-state index in [1.807, 2.05) is 0 Å². The van der Waals surface area contributed by atoms with Crippen LogP contribution in [0.1, 0.15) is 0 Å². The standard InChI is InChI=1S/C3H2F6O.CH3FO/c4-1(3(7,8)9)10-2(5)6;1-3-2/h1-2H;1H3. The van der Waals surface area contributed by atoms with Crippen molar-refractivity contribution in [1.82, 2.24) is 0 Å². The Morgan fingerprint density at radius 1 is 1.08 bits per heavy atom. The lowest BCUT2D eigenvalue weighted by Crippen LogP contribution is -2.28. The molecule has 82 valence electrons. The molecule has 0 spiro atoms. The monoisotopic (exact) mass is 218 g/mol. The maximum absolute atomic E-state index is 11.3. The molecule has 0 aliphatic carbocycles. The van der Waals surface area contributed by atoms with Crippen molar-refractivity contribution < 1.29 is 40.5 Å². The van der Waals surface area contributed by atoms with E-state index in [0.717, 1.165) is 7.11 Å². The fourth-order valence-electron chi connectivity index (χ4n) is 0.167. The van der Waals surface area contributed by atoms with Gasteiger partial charge in [-0.2, -0.15) is 26.9 Å². The Morgan fingerprint density at radius 2 is 1.38 bits per heavy atom. The van der Waals surface area contributed by atoms with Gasteiger partial charge >= 0.3 is 12.8 Å². The summed E-state index contributed by atoms with van der Waals surface area (Å²) in [5, 5.41) is 0. The number of ether oxygens (including phenoxy) is 1. The predicted octanol–water partition coefficient (Wildman–Crippen LogP) is 2.60. The number of halogens is 7. The Morgan fingerprint density at radius 3 is 1.46 bits per heavy atom. The molecule has 0 saturated heterocycles. The molecular weight excluding hydrogens is 213 g/mol. The zero-order valence-corrected chi connectivity index (χ0v) is 6.12. The van der Waals surface area contributed by atoms with Crippen molar-refractivity contribution in [2.75, 3.05) is 7.11 Å². The van der Waals surface area contributed by atoms with Gasteiger partial charge in [-0.25, -0.2) is 4.39 Å². The molecule has 0 aromatic carbocycles. The molecule has 0 aliphatic heterocycles. The number of alkyl halides is 6. The van der Waals surface area contributed by atoms with Crippen LogP contribution in [0.15, 0.2) is 0 Å². The summed E-state index contributed by atoms with van der Waals surface area (Å²) in [6, 6.07) is 0. The van der Waals surface area contributed by atoms with Gasteiger partial charge in [0.2, 0.25) is 0 Å². The minimum Gasteiger partial charge on any atom is -0.279 e. The first-order chi connectivity index (χ1) is 5.75. The minimum atomic E-state index is -5.38. The number of hydrogen-bond acceptors (Lipinski definition) is 2. The average molecular weight is 218 g/mol. The predicted molar refractivity (Wildman–Crippen MR) is 26.2 cm³/mol. The Labute approximate surface area is 68.1 Å². The molecule has 0 N–H and O–H groups in total. The molecule has 0 saturated carbocycles. The average Bonchev–Trinajstić information content (AvgIpc) is 1.85. The van der Waals surface area contributed by atoms with Crippen molar-refractivity contribution in [3.05, 3.63) is 0 Å². The van der Waals surface area contributed by atoms with Gasteiger partial charge in [0.05, 0.1) is 7.11 Å². The van der Waals surface area contributed by atoms with Gasteiger partial charge in [-0.3, -0.25) is 4.74 Å². The lowest BCUT2D eigenvalue weighted by atomic mass is 10.7. The van der Waals surface area contributed by atoms with Crippen LogP contribution in [0.5, 0.6) is 0 Å². The van der Waals surface area contributed by atoms with Crippen LogP contribution in [0, 0.1) is 0 Å². The Bertz CT molecular complexity index is 114. The van der Waals surface area contributed by atoms with E-state index in [0.29, 0.717) is 0 Å². The summed E-state index contributed by atoms with van der Waals surface area (Å²) in [5.41, 5.74) is 0. The summed E-state index contributed by atoms with van der Waals surface area (Å²) >= 11 is 0. The van der Waals surface area contributed by atoms with Crippen LogP contribution in [-0.4, -0.2) is 26.3 Å². The fraction of sp³-hybridized carbons (Fsp3) is 1.00. The highest BCUT2D eigenvalue weighted by molar-refractivity contribution is 4.52. The van der Waals surface area contributed by atoms with E-state index in [1.54, 1.807) is 0 Å². The van der Waals surface area contributed by atoms with Crippen LogP contribution in [0.2, 0.25) is 0 Å². The summed E-state index contributed by atoms with van der Waals surface area (Å²) in [6.07, 6.45) is -9.29. The third-order valence-corrected chi connectivity index (χ3v) is 0.480. The lowest BCUT2D eigenvalue weighted by Gasteiger charge is -2.11. The van der Waals surface area contributed by atoms with Crippen LogP contribution >= 0.6 is 0 Å². The molecule has 0 amide bonds. The lowest BCUT2D eigenvalue weighted by molar-refractivity contribution is -0.312. The highest BCUT2D eigenvalue weighted by atomic mass is 19.4. The summed E-state index contributed by atoms with van der Waals surface area (Å²) in [5.74, 6) is 0. The van der Waals surface area contributed by atoms with Crippen LogP contribution in [0.25, 0.3) is 0 Å². The van der Waals surface area contributed by atoms with Crippen LogP contribution < -0.4 is 0 Å². The molecule has 1 atom stereocenters. The molecule has 0 fully saturated rings. The SMILES string of the molecule is COF.FC(F)OC(F)C(F)(F)F. The Balaban J connectivity index is 0. The molecule has 0 bridgehead atoms. The second kappa shape index (κ2) is 6.89. The van der Waals surface area contributed by atoms with E-state index in [-0.39, 0.29) is 0 Å². The largest absolute Gasteiger partial charge is 0.445 e. The molecule has 0 aromatic rings. The van der Waals surface area contributed by atoms with Crippen molar-refractivity contribution in [2.24, 2.45) is 0 Å². The van der Waals surface area contributed by atoms with Gasteiger partial charge in [-0.1, -0.05) is 0 Å². The van der Waals surface area contributed by atoms with Crippen molar-refractivity contribution >= 4 is 0 Å². The third-order valence-electron chi connectivity index (χ3n) is 0.480. The summed E-state index contributed by atoms with van der Waals surface area (Å²) in [7, 11) is 0.958. The molecule has 9 heteroatoms. The smallest absolute Gasteiger partial charge is 0.279 e. The second-order valence-electron chi connectivity index (χ2n) is 1.41. The molecule has 1 unspecified atom stereocenters. The van der Waals surface area contributed by atoms with Gasteiger partial charge in [0.1, 0.15) is 0 Å². The molecular formula is C4H5F7O2. The molecule has 0 heterocycles. The van der Waals surface area contributed by atoms with E-state index >= 15 is 0 Å². The zero-order valence-electron chi connectivity index (χ0n) is 6.12. The maximum Gasteiger partial charge on any atom is 0.445 e. The third kappa shape index (κ3) is 11.4. The summed E-state index contributed by atoms with van der Waals surface area (Å²) in [6.45, 7) is -3.75. The Kier molecular flexibility index (Phi) is 7.92. The highest BCUT2D eigenvalue weighted by Crippen LogP contribution is 2.24. The van der Waals surface area contributed by atoms with Crippen molar-refractivity contribution in [3.8, 4) is 0 Å². The first kappa shape index (κ1) is 14.9. The molecule has 0 radical (unpaired) electrons. The summed E-state index contributed by atoms with van der Waals surface area (Å²) < 4.78 is 78.2. The first-order valence-electron chi connectivity index (χ1n) is 2.54. The second-order valence-corrected chi connectivity index (χ2v) is 1.41. The van der Waals surface area contributed by atoms with Gasteiger partial charge in [0.25, 0.3) is 6.36 Å². The highest BCUT2D eigenvalue weighted by Gasteiger charge is 2.43. The van der Waals surface area contributed by atoms with E-state index in [1.165, 1.54) is 0 Å². The quantitative estimate of drug-likeness (QED) is 0.663. The van der Waals surface area contributed by atoms with Gasteiger partial charge in [-0.05, 0) is 4.53 Å². The number of rotatable bonds is 2. The normalized spacial score (nSPS) is 13.6. The van der Waals surface area contributed by atoms with Crippen molar-refractivity contribution in [1.29, 1.82) is 0 Å². The van der Waals surface area contributed by atoms with E-state index in [9.17, 15) is 30.9 Å². The molecule has 0 rings (SSSR count). The van der Waals surface area contributed by atoms with Gasteiger partial charge in [0, 0.05) is 0 Å². The van der Waals surface area contributed by atoms with Crippen molar-refractivity contribution in [3.63, 3.8) is 0 Å². The van der Waals surface area contributed by atoms with Crippen LogP contribution in [0.4, 0.5) is 30.9 Å². The van der Waals surface area contributed by atoms with E-state index < -0.39 is 19.1 Å². The molecule has 0 aromatic heterocycles. The van der Waals surface area contributed by atoms with Gasteiger partial charge in [-0.15, -0.1) is 0 Å². The van der Waals surface area contributed by atoms with Crippen LogP contribution in [-0.2, 0) is 9.68 Å². The maximum atomic E-state index is 11.3. The topological polar surface area (TPSA) is 18.5 Å². The van der Waals surface area contributed by atoms with Crippen molar-refractivity contribution in [2.45, 2.75) is 19.1 Å². The van der Waals surface area contributed by atoms with Gasteiger partial charge < -0.3 is 0 Å². The fourth-order valence-corrected chi connectivity index (χ4v) is 0.167. The van der Waals surface area contributed by atoms with E-state index in [2.05, 4.69) is 9.68 Å². The van der Waals surface area contributed by atoms with Gasteiger partial charge in [0.15, 0.2) is 0 Å².